The maximum atomic E-state index is 14.3. The molecule has 0 spiro atoms. The normalized spacial score (nSPS) is 12.1. The lowest BCUT2D eigenvalue weighted by molar-refractivity contribution is -0.141. The van der Waals surface area contributed by atoms with Crippen LogP contribution >= 0.6 is 11.6 Å². The van der Waals surface area contributed by atoms with Crippen molar-refractivity contribution >= 4 is 39.1 Å². The second-order valence-electron chi connectivity index (χ2n) is 8.57. The molecular formula is C26H35ClFN3O4S. The highest BCUT2D eigenvalue weighted by Crippen LogP contribution is 2.23. The summed E-state index contributed by atoms with van der Waals surface area (Å²) in [5, 5.41) is 3.38. The summed E-state index contributed by atoms with van der Waals surface area (Å²) in [6.07, 6.45) is 3.28. The maximum Gasteiger partial charge on any atom is 0.242 e. The van der Waals surface area contributed by atoms with Crippen LogP contribution in [0.5, 0.6) is 0 Å². The predicted molar refractivity (Wildman–Crippen MR) is 142 cm³/mol. The fraction of sp³-hybridized carbons (Fsp3) is 0.462. The first-order valence-corrected chi connectivity index (χ1v) is 14.4. The van der Waals surface area contributed by atoms with Gasteiger partial charge in [-0.3, -0.25) is 13.9 Å². The van der Waals surface area contributed by atoms with Gasteiger partial charge in [0.1, 0.15) is 11.9 Å². The highest BCUT2D eigenvalue weighted by Gasteiger charge is 2.29. The van der Waals surface area contributed by atoms with Crippen LogP contribution in [0.3, 0.4) is 0 Å². The van der Waals surface area contributed by atoms with E-state index in [2.05, 4.69) is 5.32 Å². The van der Waals surface area contributed by atoms with Crippen LogP contribution in [0.15, 0.2) is 48.5 Å². The SMILES string of the molecule is CCCCNC(=O)C(CC)N(Cc1ccccc1Cl)C(=O)CCCN(c1ccccc1F)S(C)(=O)=O. The number of amides is 2. The molecule has 0 aliphatic heterocycles. The first-order valence-electron chi connectivity index (χ1n) is 12.1. The number of hydrogen-bond acceptors (Lipinski definition) is 4. The van der Waals surface area contributed by atoms with Crippen LogP contribution in [0, 0.1) is 5.82 Å². The molecule has 0 bridgehead atoms. The zero-order chi connectivity index (χ0) is 26.7. The van der Waals surface area contributed by atoms with E-state index in [0.717, 1.165) is 23.4 Å². The number of unbranched alkanes of at least 4 members (excludes halogenated alkanes) is 1. The van der Waals surface area contributed by atoms with Gasteiger partial charge in [0.25, 0.3) is 0 Å². The van der Waals surface area contributed by atoms with E-state index in [0.29, 0.717) is 23.6 Å². The molecule has 0 radical (unpaired) electrons. The summed E-state index contributed by atoms with van der Waals surface area (Å²) in [5.74, 6) is -1.21. The molecule has 2 rings (SSSR count). The monoisotopic (exact) mass is 539 g/mol. The summed E-state index contributed by atoms with van der Waals surface area (Å²) in [6, 6.07) is 12.0. The lowest BCUT2D eigenvalue weighted by atomic mass is 10.1. The first-order chi connectivity index (χ1) is 17.1. The number of nitrogens with one attached hydrogen (secondary N) is 1. The molecule has 0 aliphatic rings. The van der Waals surface area contributed by atoms with Crippen LogP contribution in [0.1, 0.15) is 51.5 Å². The molecule has 2 aromatic rings. The van der Waals surface area contributed by atoms with E-state index in [4.69, 9.17) is 11.6 Å². The summed E-state index contributed by atoms with van der Waals surface area (Å²) in [7, 11) is -3.77. The van der Waals surface area contributed by atoms with Crippen molar-refractivity contribution in [3.05, 3.63) is 64.9 Å². The molecular weight excluding hydrogens is 505 g/mol. The Hall–Kier alpha value is -2.65. The number of anilines is 1. The molecule has 0 heterocycles. The molecule has 2 amide bonds. The van der Waals surface area contributed by atoms with Crippen molar-refractivity contribution in [3.8, 4) is 0 Å². The van der Waals surface area contributed by atoms with Crippen LogP contribution in [0.25, 0.3) is 0 Å². The van der Waals surface area contributed by atoms with Crippen molar-refractivity contribution in [1.29, 1.82) is 0 Å². The van der Waals surface area contributed by atoms with Crippen LogP contribution < -0.4 is 9.62 Å². The average molecular weight is 540 g/mol. The van der Waals surface area contributed by atoms with Gasteiger partial charge >= 0.3 is 0 Å². The van der Waals surface area contributed by atoms with Crippen molar-refractivity contribution < 1.29 is 22.4 Å². The molecule has 0 saturated carbocycles. The van der Waals surface area contributed by atoms with E-state index in [1.165, 1.54) is 23.1 Å². The minimum absolute atomic E-state index is 0.0241. The molecule has 36 heavy (non-hydrogen) atoms. The molecule has 0 aliphatic carbocycles. The number of nitrogens with zero attached hydrogens (tertiary/aromatic N) is 2. The molecule has 0 saturated heterocycles. The summed E-state index contributed by atoms with van der Waals surface area (Å²) < 4.78 is 39.9. The number of benzene rings is 2. The van der Waals surface area contributed by atoms with Gasteiger partial charge in [-0.1, -0.05) is 62.2 Å². The highest BCUT2D eigenvalue weighted by molar-refractivity contribution is 7.92. The zero-order valence-electron chi connectivity index (χ0n) is 21.0. The Bertz CT molecular complexity index is 1130. The van der Waals surface area contributed by atoms with Gasteiger partial charge < -0.3 is 10.2 Å². The Balaban J connectivity index is 2.22. The van der Waals surface area contributed by atoms with Gasteiger partial charge in [-0.15, -0.1) is 0 Å². The van der Waals surface area contributed by atoms with Gasteiger partial charge in [-0.25, -0.2) is 12.8 Å². The quantitative estimate of drug-likeness (QED) is 0.351. The van der Waals surface area contributed by atoms with E-state index in [1.54, 1.807) is 24.3 Å². The van der Waals surface area contributed by atoms with Crippen LogP contribution in [-0.4, -0.2) is 50.5 Å². The zero-order valence-corrected chi connectivity index (χ0v) is 22.6. The molecule has 0 fully saturated rings. The summed E-state index contributed by atoms with van der Waals surface area (Å²) in [5.41, 5.74) is 0.638. The van der Waals surface area contributed by atoms with Crippen molar-refractivity contribution in [2.75, 3.05) is 23.7 Å². The first kappa shape index (κ1) is 29.6. The van der Waals surface area contributed by atoms with Crippen molar-refractivity contribution in [2.45, 2.75) is 58.5 Å². The van der Waals surface area contributed by atoms with Crippen molar-refractivity contribution in [2.24, 2.45) is 0 Å². The molecule has 2 aromatic carbocycles. The Morgan fingerprint density at radius 3 is 2.33 bits per heavy atom. The van der Waals surface area contributed by atoms with E-state index >= 15 is 0 Å². The van der Waals surface area contributed by atoms with E-state index in [1.807, 2.05) is 19.9 Å². The number of para-hydroxylation sites is 1. The molecule has 7 nitrogen and oxygen atoms in total. The third-order valence-corrected chi connectivity index (χ3v) is 7.34. The van der Waals surface area contributed by atoms with Gasteiger partial charge in [0.15, 0.2) is 0 Å². The van der Waals surface area contributed by atoms with Gasteiger partial charge in [0.2, 0.25) is 21.8 Å². The lowest BCUT2D eigenvalue weighted by Crippen LogP contribution is -2.49. The number of sulfonamides is 1. The molecule has 1 atom stereocenters. The summed E-state index contributed by atoms with van der Waals surface area (Å²) >= 11 is 6.33. The Kier molecular flexibility index (Phi) is 11.7. The van der Waals surface area contributed by atoms with Gasteiger partial charge in [-0.05, 0) is 43.0 Å². The molecule has 1 N–H and O–H groups in total. The number of halogens is 2. The number of rotatable bonds is 14. The highest BCUT2D eigenvalue weighted by atomic mass is 35.5. The average Bonchev–Trinajstić information content (AvgIpc) is 2.83. The Morgan fingerprint density at radius 1 is 1.06 bits per heavy atom. The summed E-state index contributed by atoms with van der Waals surface area (Å²) in [6.45, 7) is 4.44. The van der Waals surface area contributed by atoms with Crippen LogP contribution in [0.4, 0.5) is 10.1 Å². The van der Waals surface area contributed by atoms with Crippen LogP contribution in [0.2, 0.25) is 5.02 Å². The number of carbonyl (C=O) groups excluding carboxylic acids is 2. The summed E-state index contributed by atoms with van der Waals surface area (Å²) in [4.78, 5) is 27.8. The van der Waals surface area contributed by atoms with E-state index in [-0.39, 0.29) is 43.4 Å². The third kappa shape index (κ3) is 8.48. The van der Waals surface area contributed by atoms with Crippen molar-refractivity contribution in [1.82, 2.24) is 10.2 Å². The fourth-order valence-electron chi connectivity index (χ4n) is 3.87. The minimum Gasteiger partial charge on any atom is -0.354 e. The lowest BCUT2D eigenvalue weighted by Gasteiger charge is -2.31. The number of hydrogen-bond donors (Lipinski definition) is 1. The van der Waals surface area contributed by atoms with E-state index < -0.39 is 21.9 Å². The third-order valence-electron chi connectivity index (χ3n) is 5.79. The second kappa shape index (κ2) is 14.2. The predicted octanol–water partition coefficient (Wildman–Crippen LogP) is 4.75. The number of carbonyl (C=O) groups is 2. The molecule has 1 unspecified atom stereocenters. The van der Waals surface area contributed by atoms with Crippen LogP contribution in [-0.2, 0) is 26.2 Å². The van der Waals surface area contributed by atoms with Gasteiger partial charge in [0.05, 0.1) is 11.9 Å². The van der Waals surface area contributed by atoms with Crippen molar-refractivity contribution in [3.63, 3.8) is 0 Å². The van der Waals surface area contributed by atoms with E-state index in [9.17, 15) is 22.4 Å². The molecule has 198 valence electrons. The standard InChI is InChI=1S/C26H35ClFN3O4S/c1-4-6-17-29-26(33)23(5-2)30(19-20-12-7-8-13-21(20)27)25(32)16-11-18-31(36(3,34)35)24-15-10-9-14-22(24)28/h7-10,12-15,23H,4-6,11,16-19H2,1-3H3,(H,29,33). The maximum absolute atomic E-state index is 14.3. The van der Waals surface area contributed by atoms with Gasteiger partial charge in [-0.2, -0.15) is 0 Å². The minimum atomic E-state index is -3.77. The Morgan fingerprint density at radius 2 is 1.72 bits per heavy atom. The Labute approximate surface area is 218 Å². The fourth-order valence-corrected chi connectivity index (χ4v) is 5.03. The molecule has 10 heteroatoms. The smallest absolute Gasteiger partial charge is 0.242 e. The topological polar surface area (TPSA) is 86.8 Å². The second-order valence-corrected chi connectivity index (χ2v) is 10.9. The molecule has 0 aromatic heterocycles. The largest absolute Gasteiger partial charge is 0.354 e. The van der Waals surface area contributed by atoms with Gasteiger partial charge in [0, 0.05) is 31.1 Å².